The Bertz CT molecular complexity index is 635. The van der Waals surface area contributed by atoms with E-state index in [4.69, 9.17) is 11.5 Å². The van der Waals surface area contributed by atoms with E-state index in [2.05, 4.69) is 15.0 Å². The van der Waals surface area contributed by atoms with Gasteiger partial charge in [-0.1, -0.05) is 5.21 Å². The third-order valence-electron chi connectivity index (χ3n) is 2.25. The smallest absolute Gasteiger partial charge is 0.406 e. The zero-order valence-electron chi connectivity index (χ0n) is 9.76. The van der Waals surface area contributed by atoms with Crippen molar-refractivity contribution in [3.05, 3.63) is 30.0 Å². The minimum atomic E-state index is -4.77. The van der Waals surface area contributed by atoms with Gasteiger partial charge in [-0.2, -0.15) is 4.68 Å². The molecule has 0 spiro atoms. The number of amides is 1. The quantitative estimate of drug-likeness (QED) is 0.869. The largest absolute Gasteiger partial charge is 0.573 e. The number of hydrogen-bond acceptors (Lipinski definition) is 5. The van der Waals surface area contributed by atoms with Crippen molar-refractivity contribution >= 4 is 11.7 Å². The summed E-state index contributed by atoms with van der Waals surface area (Å²) in [4.78, 5) is 11.0. The summed E-state index contributed by atoms with van der Waals surface area (Å²) in [5.74, 6) is -1.36. The average Bonchev–Trinajstić information content (AvgIpc) is 2.70. The van der Waals surface area contributed by atoms with Gasteiger partial charge >= 0.3 is 6.36 Å². The molecule has 4 N–H and O–H groups in total. The molecule has 0 aliphatic carbocycles. The van der Waals surface area contributed by atoms with E-state index in [-0.39, 0.29) is 11.5 Å². The molecular weight excluding hydrogens is 279 g/mol. The predicted molar refractivity (Wildman–Crippen MR) is 61.0 cm³/mol. The zero-order valence-corrected chi connectivity index (χ0v) is 9.76. The third-order valence-corrected chi connectivity index (χ3v) is 2.25. The van der Waals surface area contributed by atoms with Crippen molar-refractivity contribution in [2.45, 2.75) is 6.36 Å². The number of nitrogen functional groups attached to an aromatic ring is 1. The molecular formula is C10H8F3N5O2. The summed E-state index contributed by atoms with van der Waals surface area (Å²) < 4.78 is 40.8. The van der Waals surface area contributed by atoms with E-state index in [1.54, 1.807) is 0 Å². The average molecular weight is 287 g/mol. The highest BCUT2D eigenvalue weighted by molar-refractivity contribution is 5.95. The molecule has 0 saturated carbocycles. The van der Waals surface area contributed by atoms with Crippen molar-refractivity contribution in [1.82, 2.24) is 15.0 Å². The van der Waals surface area contributed by atoms with Gasteiger partial charge < -0.3 is 16.2 Å². The summed E-state index contributed by atoms with van der Waals surface area (Å²) in [5, 5.41) is 7.06. The van der Waals surface area contributed by atoms with E-state index in [9.17, 15) is 18.0 Å². The molecule has 2 aromatic rings. The second kappa shape index (κ2) is 4.72. The van der Waals surface area contributed by atoms with Crippen LogP contribution in [0.15, 0.2) is 24.3 Å². The number of carbonyl (C=O) groups is 1. The Balaban J connectivity index is 2.29. The van der Waals surface area contributed by atoms with Crippen molar-refractivity contribution < 1.29 is 22.7 Å². The Labute approximate surface area is 109 Å². The summed E-state index contributed by atoms with van der Waals surface area (Å²) in [6.45, 7) is 0. The topological polar surface area (TPSA) is 109 Å². The van der Waals surface area contributed by atoms with Crippen LogP contribution < -0.4 is 16.2 Å². The maximum atomic E-state index is 12.0. The molecule has 0 fully saturated rings. The molecule has 0 radical (unpaired) electrons. The first-order chi connectivity index (χ1) is 9.28. The lowest BCUT2D eigenvalue weighted by Crippen LogP contribution is -2.17. The molecule has 0 aliphatic rings. The van der Waals surface area contributed by atoms with Crippen LogP contribution in [0.2, 0.25) is 0 Å². The third kappa shape index (κ3) is 2.79. The van der Waals surface area contributed by atoms with Crippen LogP contribution in [0.25, 0.3) is 5.69 Å². The fourth-order valence-electron chi connectivity index (χ4n) is 1.44. The molecule has 0 atom stereocenters. The molecule has 0 saturated heterocycles. The number of carbonyl (C=O) groups excluding carboxylic acids is 1. The number of alkyl halides is 3. The van der Waals surface area contributed by atoms with E-state index in [1.165, 1.54) is 12.1 Å². The van der Waals surface area contributed by atoms with Crippen molar-refractivity contribution in [3.63, 3.8) is 0 Å². The van der Waals surface area contributed by atoms with Crippen LogP contribution in [-0.4, -0.2) is 27.3 Å². The number of aromatic nitrogens is 3. The van der Waals surface area contributed by atoms with Gasteiger partial charge in [-0.15, -0.1) is 18.3 Å². The number of hydrogen-bond donors (Lipinski definition) is 2. The minimum absolute atomic E-state index is 0.109. The Kier molecular flexibility index (Phi) is 3.22. The van der Waals surface area contributed by atoms with Crippen molar-refractivity contribution in [1.29, 1.82) is 0 Å². The first kappa shape index (κ1) is 13.6. The molecule has 0 bridgehead atoms. The fraction of sp³-hybridized carbons (Fsp3) is 0.100. The van der Waals surface area contributed by atoms with Crippen molar-refractivity contribution in [2.24, 2.45) is 5.73 Å². The highest BCUT2D eigenvalue weighted by atomic mass is 19.4. The van der Waals surface area contributed by atoms with Gasteiger partial charge in [0.05, 0.1) is 5.69 Å². The number of anilines is 1. The first-order valence-electron chi connectivity index (χ1n) is 5.15. The zero-order chi connectivity index (χ0) is 14.9. The molecule has 20 heavy (non-hydrogen) atoms. The Morgan fingerprint density at radius 1 is 1.25 bits per heavy atom. The van der Waals surface area contributed by atoms with Gasteiger partial charge in [0.15, 0.2) is 11.5 Å². The van der Waals surface area contributed by atoms with Gasteiger partial charge in [0.25, 0.3) is 5.91 Å². The molecule has 2 rings (SSSR count). The highest BCUT2D eigenvalue weighted by Gasteiger charge is 2.31. The SMILES string of the molecule is NC(=O)c1nnn(-c2ccc(OC(F)(F)F)cc2)c1N. The monoisotopic (exact) mass is 287 g/mol. The van der Waals surface area contributed by atoms with E-state index in [0.29, 0.717) is 5.69 Å². The number of primary amides is 1. The number of rotatable bonds is 3. The molecule has 7 nitrogen and oxygen atoms in total. The summed E-state index contributed by atoms with van der Waals surface area (Å²) in [6.07, 6.45) is -4.77. The number of benzene rings is 1. The molecule has 0 aliphatic heterocycles. The van der Waals surface area contributed by atoms with Crippen LogP contribution in [0, 0.1) is 0 Å². The summed E-state index contributed by atoms with van der Waals surface area (Å²) in [7, 11) is 0. The van der Waals surface area contributed by atoms with Gasteiger partial charge in [0.2, 0.25) is 0 Å². The number of halogens is 3. The highest BCUT2D eigenvalue weighted by Crippen LogP contribution is 2.24. The molecule has 0 unspecified atom stereocenters. The van der Waals surface area contributed by atoms with Gasteiger partial charge in [0.1, 0.15) is 5.75 Å². The number of ether oxygens (including phenoxy) is 1. The van der Waals surface area contributed by atoms with E-state index < -0.39 is 18.0 Å². The summed E-state index contributed by atoms with van der Waals surface area (Å²) in [5.41, 5.74) is 10.7. The molecule has 1 amide bonds. The Morgan fingerprint density at radius 2 is 1.85 bits per heavy atom. The normalized spacial score (nSPS) is 11.3. The van der Waals surface area contributed by atoms with Gasteiger partial charge in [-0.25, -0.2) is 0 Å². The molecule has 1 heterocycles. The van der Waals surface area contributed by atoms with Crippen LogP contribution >= 0.6 is 0 Å². The van der Waals surface area contributed by atoms with Crippen LogP contribution in [-0.2, 0) is 0 Å². The van der Waals surface area contributed by atoms with Gasteiger partial charge in [0, 0.05) is 0 Å². The lowest BCUT2D eigenvalue weighted by atomic mass is 10.3. The van der Waals surface area contributed by atoms with Gasteiger partial charge in [-0.05, 0) is 24.3 Å². The van der Waals surface area contributed by atoms with Gasteiger partial charge in [-0.3, -0.25) is 4.79 Å². The van der Waals surface area contributed by atoms with Crippen LogP contribution in [0.4, 0.5) is 19.0 Å². The molecule has 1 aromatic heterocycles. The Hall–Kier alpha value is -2.78. The maximum absolute atomic E-state index is 12.0. The predicted octanol–water partition coefficient (Wildman–Crippen LogP) is 0.847. The maximum Gasteiger partial charge on any atom is 0.573 e. The first-order valence-corrected chi connectivity index (χ1v) is 5.15. The Morgan fingerprint density at radius 3 is 2.30 bits per heavy atom. The van der Waals surface area contributed by atoms with E-state index in [0.717, 1.165) is 16.8 Å². The van der Waals surface area contributed by atoms with E-state index in [1.807, 2.05) is 0 Å². The lowest BCUT2D eigenvalue weighted by molar-refractivity contribution is -0.274. The number of nitrogens with two attached hydrogens (primary N) is 2. The second-order valence-electron chi connectivity index (χ2n) is 3.64. The van der Waals surface area contributed by atoms with Crippen LogP contribution in [0.3, 0.4) is 0 Å². The van der Waals surface area contributed by atoms with E-state index >= 15 is 0 Å². The lowest BCUT2D eigenvalue weighted by Gasteiger charge is -2.09. The molecule has 10 heteroatoms. The van der Waals surface area contributed by atoms with Crippen molar-refractivity contribution in [3.8, 4) is 11.4 Å². The van der Waals surface area contributed by atoms with Crippen LogP contribution in [0.5, 0.6) is 5.75 Å². The minimum Gasteiger partial charge on any atom is -0.406 e. The molecule has 106 valence electrons. The van der Waals surface area contributed by atoms with Crippen molar-refractivity contribution in [2.75, 3.05) is 5.73 Å². The summed E-state index contributed by atoms with van der Waals surface area (Å²) in [6, 6.07) is 4.70. The second-order valence-corrected chi connectivity index (χ2v) is 3.64. The van der Waals surface area contributed by atoms with Crippen LogP contribution in [0.1, 0.15) is 10.5 Å². The standard InChI is InChI=1S/C10H8F3N5O2/c11-10(12,13)20-6-3-1-5(2-4-6)18-8(14)7(9(15)19)16-17-18/h1-4H,14H2,(H2,15,19). The summed E-state index contributed by atoms with van der Waals surface area (Å²) >= 11 is 0. The number of nitrogens with zero attached hydrogens (tertiary/aromatic N) is 3. The fourth-order valence-corrected chi connectivity index (χ4v) is 1.44. The molecule has 1 aromatic carbocycles.